The highest BCUT2D eigenvalue weighted by atomic mass is 16.6. The van der Waals surface area contributed by atoms with Gasteiger partial charge in [0, 0.05) is 36.7 Å². The number of fused-ring (bicyclic) bond motifs is 2. The van der Waals surface area contributed by atoms with Gasteiger partial charge in [-0.1, -0.05) is 78.9 Å². The number of nitrogens with zero attached hydrogens (tertiary/aromatic N) is 2. The van der Waals surface area contributed by atoms with Crippen molar-refractivity contribution in [3.63, 3.8) is 0 Å². The maximum absolute atomic E-state index is 14.3. The number of hydrogen-bond acceptors (Lipinski definition) is 5. The van der Waals surface area contributed by atoms with Crippen molar-refractivity contribution in [3.8, 4) is 0 Å². The van der Waals surface area contributed by atoms with E-state index in [1.807, 2.05) is 6.07 Å². The number of para-hydroxylation sites is 1. The smallest absolute Gasteiger partial charge is 0.240 e. The lowest BCUT2D eigenvalue weighted by Gasteiger charge is -2.58. The van der Waals surface area contributed by atoms with E-state index < -0.39 is 11.1 Å². The number of benzene rings is 3. The molecule has 3 aromatic carbocycles. The Labute approximate surface area is 227 Å². The molecule has 4 unspecified atom stereocenters. The summed E-state index contributed by atoms with van der Waals surface area (Å²) in [5.74, 6) is 1.23. The van der Waals surface area contributed by atoms with E-state index in [1.165, 1.54) is 16.7 Å². The van der Waals surface area contributed by atoms with Crippen LogP contribution in [-0.4, -0.2) is 53.0 Å². The zero-order valence-electron chi connectivity index (χ0n) is 21.4. The zero-order chi connectivity index (χ0) is 25.8. The molecule has 6 heterocycles. The maximum Gasteiger partial charge on any atom is 0.240 e. The minimum absolute atomic E-state index is 0.0292. The number of hydrogen-bond donors (Lipinski definition) is 1. The molecule has 6 heteroatoms. The van der Waals surface area contributed by atoms with E-state index in [1.54, 1.807) is 6.26 Å². The van der Waals surface area contributed by atoms with Gasteiger partial charge >= 0.3 is 0 Å². The average Bonchev–Trinajstić information content (AvgIpc) is 3.71. The van der Waals surface area contributed by atoms with Crippen molar-refractivity contribution in [1.29, 1.82) is 0 Å². The third kappa shape index (κ3) is 2.52. The van der Waals surface area contributed by atoms with Crippen molar-refractivity contribution >= 4 is 11.6 Å². The van der Waals surface area contributed by atoms with Crippen LogP contribution in [-0.2, 0) is 20.7 Å². The molecule has 0 aliphatic carbocycles. The number of amides is 1. The van der Waals surface area contributed by atoms with Crippen molar-refractivity contribution in [2.45, 2.75) is 47.7 Å². The Morgan fingerprint density at radius 2 is 1.62 bits per heavy atom. The second kappa shape index (κ2) is 7.62. The lowest BCUT2D eigenvalue weighted by atomic mass is 9.65. The fourth-order valence-corrected chi connectivity index (χ4v) is 8.75. The molecule has 5 aliphatic heterocycles. The monoisotopic (exact) mass is 515 g/mol. The number of furan rings is 1. The van der Waals surface area contributed by atoms with E-state index >= 15 is 0 Å². The van der Waals surface area contributed by atoms with E-state index in [-0.39, 0.29) is 36.1 Å². The largest absolute Gasteiger partial charge is 0.467 e. The molecule has 1 amide bonds. The Balaban J connectivity index is 1.15. The molecule has 1 spiro atoms. The average molecular weight is 516 g/mol. The van der Waals surface area contributed by atoms with Gasteiger partial charge in [0.2, 0.25) is 5.91 Å². The predicted octanol–water partition coefficient (Wildman–Crippen LogP) is 4.69. The summed E-state index contributed by atoms with van der Waals surface area (Å²) in [6, 6.07) is 33.6. The zero-order valence-corrected chi connectivity index (χ0v) is 21.4. The van der Waals surface area contributed by atoms with E-state index in [4.69, 9.17) is 9.15 Å². The van der Waals surface area contributed by atoms with E-state index in [0.29, 0.717) is 19.5 Å². The Kier molecular flexibility index (Phi) is 4.30. The molecular formula is C33H29N3O3. The standard InChI is InChI=1S/C33H29N3O3/c37-31-26-18-29-32(28-16-9-17-38-28)33(39-29)24-14-7-8-15-25(24)34-30(33)27(36(26)32)20-35(31)19-23(21-10-3-1-4-11-21)22-12-5-2-6-13-22/h1-17,23,26-27,29-30,34H,18-20H2/t26-,27-,29?,30?,32?,33?/m0/s1. The number of carbonyl (C=O) groups excluding carboxylic acids is 1. The third-order valence-corrected chi connectivity index (χ3v) is 10.1. The molecule has 1 aromatic heterocycles. The summed E-state index contributed by atoms with van der Waals surface area (Å²) < 4.78 is 13.1. The van der Waals surface area contributed by atoms with Crippen molar-refractivity contribution < 1.29 is 13.9 Å². The molecule has 4 saturated heterocycles. The van der Waals surface area contributed by atoms with Crippen LogP contribution in [0.15, 0.2) is 108 Å². The molecule has 1 N–H and O–H groups in total. The lowest BCUT2D eigenvalue weighted by Crippen LogP contribution is -2.70. The topological polar surface area (TPSA) is 58.0 Å². The molecule has 5 aliphatic rings. The van der Waals surface area contributed by atoms with Crippen LogP contribution in [0.2, 0.25) is 0 Å². The first-order valence-corrected chi connectivity index (χ1v) is 14.0. The number of ether oxygens (including phenoxy) is 1. The summed E-state index contributed by atoms with van der Waals surface area (Å²) in [6.07, 6.45) is 2.36. The van der Waals surface area contributed by atoms with Gasteiger partial charge in [-0.25, -0.2) is 0 Å². The highest BCUT2D eigenvalue weighted by molar-refractivity contribution is 5.85. The van der Waals surface area contributed by atoms with Crippen LogP contribution in [0.1, 0.15) is 34.8 Å². The van der Waals surface area contributed by atoms with Crippen LogP contribution in [0.5, 0.6) is 0 Å². The van der Waals surface area contributed by atoms with E-state index in [0.717, 1.165) is 11.4 Å². The first-order chi connectivity index (χ1) is 19.2. The number of nitrogens with one attached hydrogen (secondary N) is 1. The van der Waals surface area contributed by atoms with Crippen molar-refractivity contribution in [2.24, 2.45) is 0 Å². The minimum Gasteiger partial charge on any atom is -0.467 e. The van der Waals surface area contributed by atoms with E-state index in [9.17, 15) is 4.79 Å². The van der Waals surface area contributed by atoms with Crippen LogP contribution < -0.4 is 5.32 Å². The van der Waals surface area contributed by atoms with Crippen molar-refractivity contribution in [1.82, 2.24) is 9.80 Å². The highest BCUT2D eigenvalue weighted by Crippen LogP contribution is 2.74. The Morgan fingerprint density at radius 1 is 0.897 bits per heavy atom. The normalized spacial score (nSPS) is 33.5. The third-order valence-electron chi connectivity index (χ3n) is 10.1. The molecule has 6 nitrogen and oxygen atoms in total. The summed E-state index contributed by atoms with van der Waals surface area (Å²) in [5.41, 5.74) is 3.73. The summed E-state index contributed by atoms with van der Waals surface area (Å²) in [5, 5.41) is 3.85. The van der Waals surface area contributed by atoms with Gasteiger partial charge in [-0.15, -0.1) is 0 Å². The maximum atomic E-state index is 14.3. The van der Waals surface area contributed by atoms with Gasteiger partial charge in [-0.05, 0) is 29.3 Å². The van der Waals surface area contributed by atoms with Crippen LogP contribution in [0, 0.1) is 0 Å². The summed E-state index contributed by atoms with van der Waals surface area (Å²) in [7, 11) is 0. The van der Waals surface area contributed by atoms with Crippen LogP contribution >= 0.6 is 0 Å². The van der Waals surface area contributed by atoms with Gasteiger partial charge in [0.05, 0.1) is 30.5 Å². The second-order valence-electron chi connectivity index (χ2n) is 11.6. The Bertz CT molecular complexity index is 1530. The minimum atomic E-state index is -0.569. The fourth-order valence-electron chi connectivity index (χ4n) is 8.75. The molecule has 4 fully saturated rings. The first-order valence-electron chi connectivity index (χ1n) is 14.0. The summed E-state index contributed by atoms with van der Waals surface area (Å²) in [6.45, 7) is 1.30. The second-order valence-corrected chi connectivity index (χ2v) is 11.6. The van der Waals surface area contributed by atoms with Crippen molar-refractivity contribution in [2.75, 3.05) is 18.4 Å². The summed E-state index contributed by atoms with van der Waals surface area (Å²) in [4.78, 5) is 19.0. The van der Waals surface area contributed by atoms with Crippen LogP contribution in [0.25, 0.3) is 0 Å². The molecule has 39 heavy (non-hydrogen) atoms. The molecular weight excluding hydrogens is 486 g/mol. The van der Waals surface area contributed by atoms with Crippen molar-refractivity contribution in [3.05, 3.63) is 126 Å². The number of carbonyl (C=O) groups is 1. The molecule has 6 atom stereocenters. The molecule has 9 rings (SSSR count). The predicted molar refractivity (Wildman–Crippen MR) is 146 cm³/mol. The van der Waals surface area contributed by atoms with Gasteiger partial charge < -0.3 is 19.4 Å². The highest BCUT2D eigenvalue weighted by Gasteiger charge is 2.88. The van der Waals surface area contributed by atoms with E-state index in [2.05, 4.69) is 106 Å². The number of rotatable bonds is 5. The molecule has 194 valence electrons. The number of piperazine rings is 1. The molecule has 0 radical (unpaired) electrons. The summed E-state index contributed by atoms with van der Waals surface area (Å²) >= 11 is 0. The SMILES string of the molecule is O=C1[C@@H]2CC3OC45c6ccccc6NC4[C@H](CN1CC(c1ccccc1)c1ccccc1)N2C35c1ccco1. The first kappa shape index (κ1) is 22.0. The molecule has 4 aromatic rings. The van der Waals surface area contributed by atoms with Gasteiger partial charge in [0.15, 0.2) is 0 Å². The van der Waals surface area contributed by atoms with Gasteiger partial charge in [-0.2, -0.15) is 0 Å². The lowest BCUT2D eigenvalue weighted by molar-refractivity contribution is -0.292. The van der Waals surface area contributed by atoms with Crippen LogP contribution in [0.4, 0.5) is 5.69 Å². The Morgan fingerprint density at radius 3 is 2.33 bits per heavy atom. The number of anilines is 1. The quantitative estimate of drug-likeness (QED) is 0.418. The van der Waals surface area contributed by atoms with Crippen LogP contribution in [0.3, 0.4) is 0 Å². The van der Waals surface area contributed by atoms with Gasteiger partial charge in [-0.3, -0.25) is 9.69 Å². The fraction of sp³-hybridized carbons (Fsp3) is 0.303. The van der Waals surface area contributed by atoms with Gasteiger partial charge in [0.25, 0.3) is 0 Å². The van der Waals surface area contributed by atoms with Gasteiger partial charge in [0.1, 0.15) is 16.9 Å². The molecule has 0 bridgehead atoms. The Hall–Kier alpha value is -3.87. The molecule has 0 saturated carbocycles.